The number of pyridine rings is 1. The Morgan fingerprint density at radius 1 is 1.19 bits per heavy atom. The highest BCUT2D eigenvalue weighted by atomic mass is 127. The minimum Gasteiger partial charge on any atom is -1.00 e. The average molecular weight is 395 g/mol. The van der Waals surface area contributed by atoms with Gasteiger partial charge in [0.1, 0.15) is 18.4 Å². The molecule has 3 rings (SSSR count). The van der Waals surface area contributed by atoms with E-state index in [0.717, 1.165) is 11.0 Å². The molecule has 0 aliphatic carbocycles. The molecule has 2 atom stereocenters. The standard InChI is InChI=1S/C17H22N3.HI/c1-20(13-14-6-3-2-4-7-14)11-5-8-16(20)15-9-10-17(18)19-12-15;/h2-4,6-7,9-10,12,16H,5,8,11,13H2,1H3,(H2,18,19);1H/q+1;/p-1. The summed E-state index contributed by atoms with van der Waals surface area (Å²) in [5.74, 6) is 0.601. The van der Waals surface area contributed by atoms with Crippen LogP contribution in [0.3, 0.4) is 0 Å². The van der Waals surface area contributed by atoms with Crippen LogP contribution >= 0.6 is 0 Å². The van der Waals surface area contributed by atoms with Crippen LogP contribution < -0.4 is 29.7 Å². The highest BCUT2D eigenvalue weighted by Crippen LogP contribution is 2.39. The zero-order valence-electron chi connectivity index (χ0n) is 12.4. The molecule has 0 radical (unpaired) electrons. The number of nitrogens with two attached hydrogens (primary N) is 1. The van der Waals surface area contributed by atoms with Crippen molar-refractivity contribution in [1.82, 2.24) is 4.98 Å². The number of aromatic nitrogens is 1. The predicted octanol–water partition coefficient (Wildman–Crippen LogP) is 0.150. The summed E-state index contributed by atoms with van der Waals surface area (Å²) in [6.07, 6.45) is 4.46. The van der Waals surface area contributed by atoms with E-state index in [1.165, 1.54) is 30.5 Å². The molecule has 2 N–H and O–H groups in total. The molecule has 4 heteroatoms. The van der Waals surface area contributed by atoms with E-state index in [4.69, 9.17) is 5.73 Å². The lowest BCUT2D eigenvalue weighted by Gasteiger charge is -2.36. The average Bonchev–Trinajstić information content (AvgIpc) is 2.82. The second-order valence-electron chi connectivity index (χ2n) is 6.02. The zero-order chi connectivity index (χ0) is 14.0. The van der Waals surface area contributed by atoms with Crippen molar-refractivity contribution in [1.29, 1.82) is 0 Å². The van der Waals surface area contributed by atoms with E-state index in [1.807, 2.05) is 12.3 Å². The number of halogens is 1. The maximum absolute atomic E-state index is 5.70. The molecule has 1 aliphatic rings. The molecule has 2 aromatic rings. The van der Waals surface area contributed by atoms with E-state index in [9.17, 15) is 0 Å². The van der Waals surface area contributed by atoms with Crippen molar-refractivity contribution in [3.63, 3.8) is 0 Å². The van der Waals surface area contributed by atoms with Gasteiger partial charge in [-0.25, -0.2) is 4.98 Å². The number of nitrogen functional groups attached to an aromatic ring is 1. The van der Waals surface area contributed by atoms with Crippen molar-refractivity contribution in [2.75, 3.05) is 19.3 Å². The first kappa shape index (κ1) is 16.2. The van der Waals surface area contributed by atoms with E-state index in [1.54, 1.807) is 0 Å². The molecule has 1 aliphatic heterocycles. The predicted molar refractivity (Wildman–Crippen MR) is 81.8 cm³/mol. The number of anilines is 1. The Kier molecular flexibility index (Phi) is 5.22. The van der Waals surface area contributed by atoms with Gasteiger partial charge in [-0.05, 0) is 12.1 Å². The molecule has 2 heterocycles. The molecule has 1 saturated heterocycles. The molecule has 112 valence electrons. The molecule has 1 aromatic carbocycles. The molecule has 0 amide bonds. The van der Waals surface area contributed by atoms with Gasteiger partial charge in [0.05, 0.1) is 13.6 Å². The Balaban J connectivity index is 0.00000161. The van der Waals surface area contributed by atoms with Gasteiger partial charge in [0, 0.05) is 30.2 Å². The van der Waals surface area contributed by atoms with Crippen LogP contribution in [-0.2, 0) is 6.54 Å². The highest BCUT2D eigenvalue weighted by Gasteiger charge is 2.39. The molecule has 0 saturated carbocycles. The van der Waals surface area contributed by atoms with Crippen molar-refractivity contribution < 1.29 is 28.5 Å². The Morgan fingerprint density at radius 3 is 2.62 bits per heavy atom. The molecule has 1 aromatic heterocycles. The monoisotopic (exact) mass is 395 g/mol. The van der Waals surface area contributed by atoms with Crippen molar-refractivity contribution in [3.8, 4) is 0 Å². The van der Waals surface area contributed by atoms with Gasteiger partial charge in [-0.1, -0.05) is 30.3 Å². The number of nitrogens with zero attached hydrogens (tertiary/aromatic N) is 2. The molecule has 2 unspecified atom stereocenters. The van der Waals surface area contributed by atoms with Gasteiger partial charge < -0.3 is 34.2 Å². The van der Waals surface area contributed by atoms with Crippen LogP contribution in [0, 0.1) is 0 Å². The molecular formula is C17H22IN3. The number of rotatable bonds is 3. The summed E-state index contributed by atoms with van der Waals surface area (Å²) in [6, 6.07) is 15.4. The first-order valence-corrected chi connectivity index (χ1v) is 7.27. The molecular weight excluding hydrogens is 373 g/mol. The molecule has 3 nitrogen and oxygen atoms in total. The van der Waals surface area contributed by atoms with E-state index < -0.39 is 0 Å². The van der Waals surface area contributed by atoms with Gasteiger partial charge in [-0.15, -0.1) is 0 Å². The molecule has 0 spiro atoms. The summed E-state index contributed by atoms with van der Waals surface area (Å²) in [5.41, 5.74) is 8.42. The zero-order valence-corrected chi connectivity index (χ0v) is 14.5. The third-order valence-electron chi connectivity index (χ3n) is 4.48. The smallest absolute Gasteiger partial charge is 0.123 e. The van der Waals surface area contributed by atoms with Crippen LogP contribution in [0.5, 0.6) is 0 Å². The number of benzene rings is 1. The number of likely N-dealkylation sites (tertiary alicyclic amines) is 1. The summed E-state index contributed by atoms with van der Waals surface area (Å²) in [6.45, 7) is 2.31. The second kappa shape index (κ2) is 6.75. The fourth-order valence-electron chi connectivity index (χ4n) is 3.44. The summed E-state index contributed by atoms with van der Waals surface area (Å²) in [7, 11) is 2.36. The first-order valence-electron chi connectivity index (χ1n) is 7.27. The largest absolute Gasteiger partial charge is 1.00 e. The maximum Gasteiger partial charge on any atom is 0.123 e. The minimum atomic E-state index is 0. The lowest BCUT2D eigenvalue weighted by Crippen LogP contribution is -3.00. The van der Waals surface area contributed by atoms with Crippen LogP contribution in [0.2, 0.25) is 0 Å². The van der Waals surface area contributed by atoms with Crippen molar-refractivity contribution in [2.45, 2.75) is 25.4 Å². The van der Waals surface area contributed by atoms with E-state index in [0.29, 0.717) is 11.9 Å². The lowest BCUT2D eigenvalue weighted by molar-refractivity contribution is -0.939. The van der Waals surface area contributed by atoms with Gasteiger partial charge in [-0.2, -0.15) is 0 Å². The molecule has 21 heavy (non-hydrogen) atoms. The van der Waals surface area contributed by atoms with Crippen LogP contribution in [0.15, 0.2) is 48.7 Å². The van der Waals surface area contributed by atoms with Crippen LogP contribution in [0.1, 0.15) is 30.0 Å². The Bertz CT molecular complexity index is 570. The van der Waals surface area contributed by atoms with Gasteiger partial charge in [-0.3, -0.25) is 0 Å². The third kappa shape index (κ3) is 3.55. The van der Waals surface area contributed by atoms with E-state index in [2.05, 4.69) is 48.4 Å². The summed E-state index contributed by atoms with van der Waals surface area (Å²) >= 11 is 0. The summed E-state index contributed by atoms with van der Waals surface area (Å²) in [5, 5.41) is 0. The topological polar surface area (TPSA) is 38.9 Å². The SMILES string of the molecule is C[N+]1(Cc2ccccc2)CCCC1c1ccc(N)nc1.[I-]. The van der Waals surface area contributed by atoms with Crippen LogP contribution in [-0.4, -0.2) is 23.1 Å². The second-order valence-corrected chi connectivity index (χ2v) is 6.02. The van der Waals surface area contributed by atoms with Crippen LogP contribution in [0.25, 0.3) is 0 Å². The van der Waals surface area contributed by atoms with Gasteiger partial charge in [0.2, 0.25) is 0 Å². The fourth-order valence-corrected chi connectivity index (χ4v) is 3.44. The Morgan fingerprint density at radius 2 is 1.95 bits per heavy atom. The van der Waals surface area contributed by atoms with Crippen LogP contribution in [0.4, 0.5) is 5.82 Å². The van der Waals surface area contributed by atoms with Crippen molar-refractivity contribution in [2.24, 2.45) is 0 Å². The minimum absolute atomic E-state index is 0. The van der Waals surface area contributed by atoms with E-state index >= 15 is 0 Å². The third-order valence-corrected chi connectivity index (χ3v) is 4.48. The van der Waals surface area contributed by atoms with Gasteiger partial charge >= 0.3 is 0 Å². The molecule has 0 bridgehead atoms. The quantitative estimate of drug-likeness (QED) is 0.594. The summed E-state index contributed by atoms with van der Waals surface area (Å²) < 4.78 is 1.07. The maximum atomic E-state index is 5.70. The normalized spacial score (nSPS) is 24.5. The highest BCUT2D eigenvalue weighted by molar-refractivity contribution is 5.30. The lowest BCUT2D eigenvalue weighted by atomic mass is 10.0. The van der Waals surface area contributed by atoms with Crippen molar-refractivity contribution in [3.05, 3.63) is 59.8 Å². The summed E-state index contributed by atoms with van der Waals surface area (Å²) in [4.78, 5) is 4.26. The number of quaternary nitrogens is 1. The first-order chi connectivity index (χ1) is 9.67. The number of hydrogen-bond donors (Lipinski definition) is 1. The van der Waals surface area contributed by atoms with E-state index in [-0.39, 0.29) is 24.0 Å². The van der Waals surface area contributed by atoms with Gasteiger partial charge in [0.15, 0.2) is 0 Å². The number of hydrogen-bond acceptors (Lipinski definition) is 2. The van der Waals surface area contributed by atoms with Crippen molar-refractivity contribution >= 4 is 5.82 Å². The Labute approximate surface area is 143 Å². The van der Waals surface area contributed by atoms with Gasteiger partial charge in [0.25, 0.3) is 0 Å². The Hall–Kier alpha value is -1.14. The fraction of sp³-hybridized carbons (Fsp3) is 0.353. The molecule has 1 fully saturated rings.